The molecule has 1 atom stereocenters. The zero-order valence-corrected chi connectivity index (χ0v) is 12.7. The van der Waals surface area contributed by atoms with E-state index >= 15 is 0 Å². The molecule has 0 saturated carbocycles. The summed E-state index contributed by atoms with van der Waals surface area (Å²) in [4.78, 5) is 23.7. The quantitative estimate of drug-likeness (QED) is 0.808. The third kappa shape index (κ3) is 3.69. The summed E-state index contributed by atoms with van der Waals surface area (Å²) in [5, 5.41) is 8.57. The first-order valence-corrected chi connectivity index (χ1v) is 7.67. The van der Waals surface area contributed by atoms with E-state index in [1.165, 1.54) is 0 Å². The van der Waals surface area contributed by atoms with Crippen molar-refractivity contribution < 1.29 is 9.59 Å². The largest absolute Gasteiger partial charge is 0.351 e. The van der Waals surface area contributed by atoms with Crippen LogP contribution in [0.15, 0.2) is 54.6 Å². The van der Waals surface area contributed by atoms with E-state index in [9.17, 15) is 9.59 Å². The Balaban J connectivity index is 1.53. The van der Waals surface area contributed by atoms with E-state index < -0.39 is 0 Å². The fourth-order valence-corrected chi connectivity index (χ4v) is 2.72. The van der Waals surface area contributed by atoms with Crippen LogP contribution in [0.3, 0.4) is 0 Å². The summed E-state index contributed by atoms with van der Waals surface area (Å²) in [7, 11) is 0. The third-order valence-corrected chi connectivity index (χ3v) is 3.96. The van der Waals surface area contributed by atoms with E-state index in [4.69, 9.17) is 0 Å². The monoisotopic (exact) mass is 309 g/mol. The topological polar surface area (TPSA) is 70.2 Å². The fraction of sp³-hybridized carbons (Fsp3) is 0.222. The highest BCUT2D eigenvalue weighted by molar-refractivity contribution is 5.97. The minimum absolute atomic E-state index is 0.0506. The molecule has 0 spiro atoms. The van der Waals surface area contributed by atoms with Gasteiger partial charge in [-0.3, -0.25) is 4.79 Å². The van der Waals surface area contributed by atoms with Crippen LogP contribution in [0.25, 0.3) is 0 Å². The van der Waals surface area contributed by atoms with Crippen molar-refractivity contribution in [2.24, 2.45) is 0 Å². The molecule has 3 N–H and O–H groups in total. The zero-order valence-electron chi connectivity index (χ0n) is 12.7. The second-order valence-corrected chi connectivity index (χ2v) is 5.54. The summed E-state index contributed by atoms with van der Waals surface area (Å²) in [6, 6.07) is 17.1. The fourth-order valence-electron chi connectivity index (χ4n) is 2.72. The molecule has 2 aromatic rings. The van der Waals surface area contributed by atoms with E-state index in [1.54, 1.807) is 0 Å². The van der Waals surface area contributed by atoms with Crippen molar-refractivity contribution >= 4 is 11.9 Å². The smallest absolute Gasteiger partial charge is 0.315 e. The first kappa shape index (κ1) is 15.1. The standard InChI is InChI=1S/C18H19N3O2/c22-17-16-9-5-4-8-15(16)14(11-19-17)12-21-18(23)20-10-13-6-2-1-3-7-13/h1-9,14H,10-12H2,(H,19,22)(H2,20,21,23). The lowest BCUT2D eigenvalue weighted by Gasteiger charge is -2.25. The molecular formula is C18H19N3O2. The normalized spacial score (nSPS) is 16.2. The number of amides is 3. The summed E-state index contributed by atoms with van der Waals surface area (Å²) in [5.41, 5.74) is 2.73. The molecule has 5 nitrogen and oxygen atoms in total. The second-order valence-electron chi connectivity index (χ2n) is 5.54. The average Bonchev–Trinajstić information content (AvgIpc) is 2.60. The SMILES string of the molecule is O=C(NCc1ccccc1)NCC1CNC(=O)c2ccccc21. The minimum atomic E-state index is -0.205. The number of urea groups is 1. The van der Waals surface area contributed by atoms with Gasteiger partial charge in [0.2, 0.25) is 0 Å². The summed E-state index contributed by atoms with van der Waals surface area (Å²) >= 11 is 0. The van der Waals surface area contributed by atoms with Crippen LogP contribution in [0, 0.1) is 0 Å². The lowest BCUT2D eigenvalue weighted by molar-refractivity contribution is 0.0940. The lowest BCUT2D eigenvalue weighted by atomic mass is 9.90. The number of rotatable bonds is 4. The van der Waals surface area contributed by atoms with Crippen LogP contribution in [-0.4, -0.2) is 25.0 Å². The number of nitrogens with one attached hydrogen (secondary N) is 3. The maximum atomic E-state index is 11.9. The van der Waals surface area contributed by atoms with Crippen LogP contribution in [0.2, 0.25) is 0 Å². The van der Waals surface area contributed by atoms with Gasteiger partial charge in [-0.15, -0.1) is 0 Å². The molecule has 23 heavy (non-hydrogen) atoms. The maximum absolute atomic E-state index is 11.9. The van der Waals surface area contributed by atoms with Gasteiger partial charge in [-0.05, 0) is 17.2 Å². The molecule has 0 aromatic heterocycles. The number of benzene rings is 2. The number of carbonyl (C=O) groups is 2. The lowest BCUT2D eigenvalue weighted by Crippen LogP contribution is -2.42. The molecule has 0 saturated heterocycles. The predicted octanol–water partition coefficient (Wildman–Crippen LogP) is 2.01. The van der Waals surface area contributed by atoms with Crippen molar-refractivity contribution in [2.45, 2.75) is 12.5 Å². The number of fused-ring (bicyclic) bond motifs is 1. The van der Waals surface area contributed by atoms with E-state index in [1.807, 2.05) is 54.6 Å². The molecule has 1 aliphatic rings. The molecule has 5 heteroatoms. The van der Waals surface area contributed by atoms with Gasteiger partial charge >= 0.3 is 6.03 Å². The molecule has 0 bridgehead atoms. The van der Waals surface area contributed by atoms with E-state index in [0.717, 1.165) is 11.1 Å². The number of carbonyl (C=O) groups excluding carboxylic acids is 2. The van der Waals surface area contributed by atoms with E-state index in [-0.39, 0.29) is 17.9 Å². The molecule has 0 aliphatic carbocycles. The summed E-state index contributed by atoms with van der Waals surface area (Å²) in [6.45, 7) is 1.51. The van der Waals surface area contributed by atoms with Crippen molar-refractivity contribution in [3.63, 3.8) is 0 Å². The van der Waals surface area contributed by atoms with Crippen LogP contribution < -0.4 is 16.0 Å². The van der Waals surface area contributed by atoms with Crippen molar-refractivity contribution in [1.82, 2.24) is 16.0 Å². The van der Waals surface area contributed by atoms with Crippen molar-refractivity contribution in [3.05, 3.63) is 71.3 Å². The molecule has 0 fully saturated rings. The zero-order chi connectivity index (χ0) is 16.1. The van der Waals surface area contributed by atoms with Gasteiger partial charge in [-0.25, -0.2) is 4.79 Å². The summed E-state index contributed by atoms with van der Waals surface area (Å²) in [6.07, 6.45) is 0. The van der Waals surface area contributed by atoms with Crippen LogP contribution >= 0.6 is 0 Å². The Kier molecular flexibility index (Phi) is 4.57. The van der Waals surface area contributed by atoms with Crippen molar-refractivity contribution in [2.75, 3.05) is 13.1 Å². The summed E-state index contributed by atoms with van der Waals surface area (Å²) < 4.78 is 0. The number of hydrogen-bond acceptors (Lipinski definition) is 2. The van der Waals surface area contributed by atoms with Gasteiger partial charge in [0.25, 0.3) is 5.91 Å². The van der Waals surface area contributed by atoms with Gasteiger partial charge in [0.15, 0.2) is 0 Å². The average molecular weight is 309 g/mol. The molecule has 1 heterocycles. The molecular weight excluding hydrogens is 290 g/mol. The Bertz CT molecular complexity index is 700. The molecule has 1 aliphatic heterocycles. The number of hydrogen-bond donors (Lipinski definition) is 3. The highest BCUT2D eigenvalue weighted by atomic mass is 16.2. The highest BCUT2D eigenvalue weighted by Crippen LogP contribution is 2.22. The van der Waals surface area contributed by atoms with Crippen LogP contribution in [0.4, 0.5) is 4.79 Å². The molecule has 3 amide bonds. The first-order valence-electron chi connectivity index (χ1n) is 7.67. The van der Waals surface area contributed by atoms with Crippen LogP contribution in [0.1, 0.15) is 27.4 Å². The second kappa shape index (κ2) is 6.96. The van der Waals surface area contributed by atoms with Crippen molar-refractivity contribution in [1.29, 1.82) is 0 Å². The van der Waals surface area contributed by atoms with Gasteiger partial charge in [0.1, 0.15) is 0 Å². The molecule has 0 radical (unpaired) electrons. The van der Waals surface area contributed by atoms with E-state index in [0.29, 0.717) is 25.2 Å². The Labute approximate surface area is 135 Å². The van der Waals surface area contributed by atoms with Crippen molar-refractivity contribution in [3.8, 4) is 0 Å². The molecule has 2 aromatic carbocycles. The third-order valence-electron chi connectivity index (χ3n) is 3.96. The predicted molar refractivity (Wildman–Crippen MR) is 88.2 cm³/mol. The van der Waals surface area contributed by atoms with Crippen LogP contribution in [-0.2, 0) is 6.54 Å². The van der Waals surface area contributed by atoms with Gasteiger partial charge in [0, 0.05) is 31.1 Å². The first-order chi connectivity index (χ1) is 11.2. The Morgan fingerprint density at radius 2 is 1.78 bits per heavy atom. The maximum Gasteiger partial charge on any atom is 0.315 e. The molecule has 3 rings (SSSR count). The Hall–Kier alpha value is -2.82. The van der Waals surface area contributed by atoms with E-state index in [2.05, 4.69) is 16.0 Å². The Morgan fingerprint density at radius 3 is 2.61 bits per heavy atom. The summed E-state index contributed by atoms with van der Waals surface area (Å²) in [5.74, 6) is 0.0387. The van der Waals surface area contributed by atoms with Crippen LogP contribution in [0.5, 0.6) is 0 Å². The van der Waals surface area contributed by atoms with Gasteiger partial charge in [-0.1, -0.05) is 48.5 Å². The minimum Gasteiger partial charge on any atom is -0.351 e. The highest BCUT2D eigenvalue weighted by Gasteiger charge is 2.24. The van der Waals surface area contributed by atoms with Gasteiger partial charge in [-0.2, -0.15) is 0 Å². The van der Waals surface area contributed by atoms with Gasteiger partial charge in [0.05, 0.1) is 0 Å². The molecule has 118 valence electrons. The Morgan fingerprint density at radius 1 is 1.04 bits per heavy atom. The van der Waals surface area contributed by atoms with Gasteiger partial charge < -0.3 is 16.0 Å². The molecule has 1 unspecified atom stereocenters.